The van der Waals surface area contributed by atoms with Crippen molar-refractivity contribution in [2.24, 2.45) is 0 Å². The fourth-order valence-corrected chi connectivity index (χ4v) is 3.02. The van der Waals surface area contributed by atoms with Crippen molar-refractivity contribution in [2.45, 2.75) is 25.8 Å². The van der Waals surface area contributed by atoms with Gasteiger partial charge in [0.1, 0.15) is 0 Å². The monoisotopic (exact) mass is 251 g/mol. The van der Waals surface area contributed by atoms with Gasteiger partial charge >= 0.3 is 5.97 Å². The second kappa shape index (κ2) is 5.60. The predicted molar refractivity (Wildman–Crippen MR) is 57.2 cm³/mol. The first kappa shape index (κ1) is 13.4. The molecule has 1 fully saturated rings. The van der Waals surface area contributed by atoms with Crippen LogP contribution < -0.4 is 0 Å². The Hall–Kier alpha value is -0.660. The molecule has 0 aromatic heterocycles. The van der Waals surface area contributed by atoms with E-state index < -0.39 is 21.7 Å². The number of hydrogen-bond acceptors (Lipinski definition) is 5. The van der Waals surface area contributed by atoms with E-state index in [-0.39, 0.29) is 25.8 Å². The summed E-state index contributed by atoms with van der Waals surface area (Å²) in [6.45, 7) is 1.60. The fraction of sp³-hybridized carbons (Fsp3) is 0.889. The number of rotatable bonds is 7. The van der Waals surface area contributed by atoms with Gasteiger partial charge in [0.15, 0.2) is 5.75 Å². The third-order valence-corrected chi connectivity index (χ3v) is 4.03. The summed E-state index contributed by atoms with van der Waals surface area (Å²) in [7, 11) is -3.64. The van der Waals surface area contributed by atoms with Crippen LogP contribution in [0.5, 0.6) is 0 Å². The standard InChI is InChI=1S/C9H17NO5S/c1-2-15-9(12)7-16(13,14)10(5-6-11)8-3-4-8/h8,11H,2-7H2,1H3. The first-order valence-electron chi connectivity index (χ1n) is 5.27. The zero-order valence-corrected chi connectivity index (χ0v) is 10.1. The molecule has 0 atom stereocenters. The molecule has 0 aliphatic heterocycles. The van der Waals surface area contributed by atoms with E-state index in [1.54, 1.807) is 6.92 Å². The molecule has 7 heteroatoms. The average Bonchev–Trinajstić information content (AvgIpc) is 2.96. The second-order valence-corrected chi connectivity index (χ2v) is 5.55. The maximum atomic E-state index is 11.8. The SMILES string of the molecule is CCOC(=O)CS(=O)(=O)N(CCO)C1CC1. The molecule has 1 aliphatic carbocycles. The fourth-order valence-electron chi connectivity index (χ4n) is 1.44. The molecule has 0 amide bonds. The molecular weight excluding hydrogens is 234 g/mol. The molecule has 94 valence electrons. The van der Waals surface area contributed by atoms with E-state index in [0.29, 0.717) is 0 Å². The lowest BCUT2D eigenvalue weighted by molar-refractivity contribution is -0.140. The van der Waals surface area contributed by atoms with Crippen molar-refractivity contribution in [3.63, 3.8) is 0 Å². The largest absolute Gasteiger partial charge is 0.465 e. The molecule has 1 N–H and O–H groups in total. The molecule has 16 heavy (non-hydrogen) atoms. The third-order valence-electron chi connectivity index (χ3n) is 2.24. The molecule has 0 spiro atoms. The van der Waals surface area contributed by atoms with Crippen LogP contribution in [0.2, 0.25) is 0 Å². The number of aliphatic hydroxyl groups excluding tert-OH is 1. The molecule has 6 nitrogen and oxygen atoms in total. The van der Waals surface area contributed by atoms with Gasteiger partial charge in [0.05, 0.1) is 13.2 Å². The summed E-state index contributed by atoms with van der Waals surface area (Å²) in [4.78, 5) is 11.1. The van der Waals surface area contributed by atoms with Gasteiger partial charge in [-0.1, -0.05) is 0 Å². The number of carbonyl (C=O) groups is 1. The number of hydrogen-bond donors (Lipinski definition) is 1. The molecule has 0 bridgehead atoms. The summed E-state index contributed by atoms with van der Waals surface area (Å²) in [5, 5.41) is 8.79. The van der Waals surface area contributed by atoms with Crippen LogP contribution >= 0.6 is 0 Å². The highest BCUT2D eigenvalue weighted by Crippen LogP contribution is 2.29. The van der Waals surface area contributed by atoms with Gasteiger partial charge in [0, 0.05) is 12.6 Å². The Kier molecular flexibility index (Phi) is 4.69. The summed E-state index contributed by atoms with van der Waals surface area (Å²) in [5.41, 5.74) is 0. The summed E-state index contributed by atoms with van der Waals surface area (Å²) < 4.78 is 29.4. The molecular formula is C9H17NO5S. The second-order valence-electron chi connectivity index (χ2n) is 3.63. The van der Waals surface area contributed by atoms with Crippen molar-refractivity contribution >= 4 is 16.0 Å². The minimum Gasteiger partial charge on any atom is -0.465 e. The Balaban J connectivity index is 2.62. The van der Waals surface area contributed by atoms with Gasteiger partial charge in [-0.2, -0.15) is 4.31 Å². The molecule has 1 saturated carbocycles. The molecule has 1 aliphatic rings. The predicted octanol–water partition coefficient (Wildman–Crippen LogP) is -0.664. The van der Waals surface area contributed by atoms with Gasteiger partial charge in [0.25, 0.3) is 0 Å². The van der Waals surface area contributed by atoms with E-state index in [1.807, 2.05) is 0 Å². The first-order valence-corrected chi connectivity index (χ1v) is 6.88. The minimum atomic E-state index is -3.64. The third kappa shape index (κ3) is 3.73. The lowest BCUT2D eigenvalue weighted by Gasteiger charge is -2.19. The van der Waals surface area contributed by atoms with Crippen LogP contribution in [0, 0.1) is 0 Å². The molecule has 0 saturated heterocycles. The van der Waals surface area contributed by atoms with Crippen molar-refractivity contribution in [3.05, 3.63) is 0 Å². The first-order chi connectivity index (χ1) is 7.51. The molecule has 0 radical (unpaired) electrons. The number of carbonyl (C=O) groups excluding carboxylic acids is 1. The Labute approximate surface area is 95.2 Å². The molecule has 0 heterocycles. The van der Waals surface area contributed by atoms with Crippen LogP contribution in [0.25, 0.3) is 0 Å². The van der Waals surface area contributed by atoms with E-state index >= 15 is 0 Å². The quantitative estimate of drug-likeness (QED) is 0.607. The van der Waals surface area contributed by atoms with Crippen LogP contribution in [0.3, 0.4) is 0 Å². The van der Waals surface area contributed by atoms with Crippen molar-refractivity contribution in [3.8, 4) is 0 Å². The van der Waals surface area contributed by atoms with Crippen molar-refractivity contribution in [1.82, 2.24) is 4.31 Å². The van der Waals surface area contributed by atoms with Crippen LogP contribution in [0.1, 0.15) is 19.8 Å². The van der Waals surface area contributed by atoms with E-state index in [4.69, 9.17) is 5.11 Å². The normalized spacial score (nSPS) is 16.4. The van der Waals surface area contributed by atoms with E-state index in [1.165, 1.54) is 4.31 Å². The van der Waals surface area contributed by atoms with Crippen molar-refractivity contribution < 1.29 is 23.1 Å². The highest BCUT2D eigenvalue weighted by Gasteiger charge is 2.37. The van der Waals surface area contributed by atoms with Gasteiger partial charge in [-0.25, -0.2) is 8.42 Å². The van der Waals surface area contributed by atoms with Crippen LogP contribution in [-0.2, 0) is 19.6 Å². The number of sulfonamides is 1. The van der Waals surface area contributed by atoms with Gasteiger partial charge in [-0.05, 0) is 19.8 Å². The highest BCUT2D eigenvalue weighted by molar-refractivity contribution is 7.89. The zero-order chi connectivity index (χ0) is 12.2. The number of esters is 1. The lowest BCUT2D eigenvalue weighted by atomic mass is 10.6. The molecule has 0 aromatic carbocycles. The van der Waals surface area contributed by atoms with Gasteiger partial charge in [-0.15, -0.1) is 0 Å². The van der Waals surface area contributed by atoms with E-state index in [0.717, 1.165) is 12.8 Å². The Morgan fingerprint density at radius 1 is 1.50 bits per heavy atom. The maximum absolute atomic E-state index is 11.8. The zero-order valence-electron chi connectivity index (χ0n) is 9.26. The van der Waals surface area contributed by atoms with Crippen LogP contribution in [0.4, 0.5) is 0 Å². The van der Waals surface area contributed by atoms with Gasteiger partial charge in [-0.3, -0.25) is 4.79 Å². The number of ether oxygens (including phenoxy) is 1. The minimum absolute atomic E-state index is 0.0480. The maximum Gasteiger partial charge on any atom is 0.322 e. The Bertz CT molecular complexity index is 336. The Morgan fingerprint density at radius 2 is 2.12 bits per heavy atom. The van der Waals surface area contributed by atoms with E-state index in [2.05, 4.69) is 4.74 Å². The summed E-state index contributed by atoms with van der Waals surface area (Å²) in [6, 6.07) is -0.0495. The summed E-state index contributed by atoms with van der Waals surface area (Å²) >= 11 is 0. The van der Waals surface area contributed by atoms with Crippen LogP contribution in [-0.4, -0.2) is 55.4 Å². The van der Waals surface area contributed by atoms with Crippen LogP contribution in [0.15, 0.2) is 0 Å². The molecule has 0 aromatic rings. The Morgan fingerprint density at radius 3 is 2.56 bits per heavy atom. The molecule has 0 unspecified atom stereocenters. The van der Waals surface area contributed by atoms with Crippen molar-refractivity contribution in [1.29, 1.82) is 0 Å². The topological polar surface area (TPSA) is 83.9 Å². The summed E-state index contributed by atoms with van der Waals surface area (Å²) in [6.07, 6.45) is 1.59. The average molecular weight is 251 g/mol. The number of aliphatic hydroxyl groups is 1. The molecule has 1 rings (SSSR count). The lowest BCUT2D eigenvalue weighted by Crippen LogP contribution is -2.39. The van der Waals surface area contributed by atoms with Crippen molar-refractivity contribution in [2.75, 3.05) is 25.5 Å². The van der Waals surface area contributed by atoms with E-state index in [9.17, 15) is 13.2 Å². The summed E-state index contributed by atoms with van der Waals surface area (Å²) in [5.74, 6) is -1.39. The number of nitrogens with zero attached hydrogens (tertiary/aromatic N) is 1. The van der Waals surface area contributed by atoms with Gasteiger partial charge < -0.3 is 9.84 Å². The van der Waals surface area contributed by atoms with Gasteiger partial charge in [0.2, 0.25) is 10.0 Å². The highest BCUT2D eigenvalue weighted by atomic mass is 32.2. The smallest absolute Gasteiger partial charge is 0.322 e.